The number of hydrogen-bond donors (Lipinski definition) is 8. The molecule has 6 saturated carbocycles. The average molecular weight is 1560 g/mol. The number of halogens is 1. The molecule has 0 unspecified atom stereocenters. The molecule has 4 aromatic rings. The molecule has 0 radical (unpaired) electrons. The average Bonchev–Trinajstić information content (AvgIpc) is 1.70. The number of nitrogens with one attached hydrogen (secondary N) is 2. The zero-order chi connectivity index (χ0) is 75.2. The van der Waals surface area contributed by atoms with Crippen molar-refractivity contribution in [3.05, 3.63) is 98.6 Å². The SMILES string of the molecule is CC1(C)OB(c2cc(C(=O)O)cc(N3CCOCC3)c2)OC1(C)C.COc1c(CN2O[C@@H](CO)[C@@H]([C@H](C)O)[C@H]2C(=O)N[C@H]2C[C@H]3C[C@@H]([C@@H]2C)C3(C)C)cccc1-c1cc(C(=O)O)cc(N2CCOCC2)c1.COc1c(I)cccc1CN1O[C@@H](CO)[C@@H]([C@H](C)O)[C@H]1C(=O)N[C@H]1C[C@H]2C[C@@H]([C@@H]1C)C2(C)C. The predicted octanol–water partition coefficient (Wildman–Crippen LogP) is 8.04. The number of aliphatic hydroxyl groups excluding tert-OH is 4. The second kappa shape index (κ2) is 32.2. The molecule has 0 spiro atoms. The number of aliphatic hydroxyl groups is 4. The lowest BCUT2D eigenvalue weighted by Gasteiger charge is -2.62. The van der Waals surface area contributed by atoms with Gasteiger partial charge in [0.2, 0.25) is 11.8 Å². The first-order chi connectivity index (χ1) is 49.2. The molecular formula is C78H110BIN6O18. The summed E-state index contributed by atoms with van der Waals surface area (Å²) < 4.78 is 35.5. The highest BCUT2D eigenvalue weighted by molar-refractivity contribution is 14.1. The molecule has 104 heavy (non-hydrogen) atoms. The summed E-state index contributed by atoms with van der Waals surface area (Å²) in [6.07, 6.45) is 1.22. The van der Waals surface area contributed by atoms with Crippen molar-refractivity contribution in [2.75, 3.05) is 89.8 Å². The number of carbonyl (C=O) groups is 4. The summed E-state index contributed by atoms with van der Waals surface area (Å²) in [5.74, 6) is 0.836. The van der Waals surface area contributed by atoms with Crippen molar-refractivity contribution in [1.82, 2.24) is 20.8 Å². The minimum atomic E-state index is -1.02. The topological polar surface area (TPSA) is 301 Å². The molecule has 8 N–H and O–H groups in total. The van der Waals surface area contributed by atoms with Crippen molar-refractivity contribution in [1.29, 1.82) is 0 Å². The van der Waals surface area contributed by atoms with E-state index in [1.807, 2.05) is 76.2 Å². The van der Waals surface area contributed by atoms with Gasteiger partial charge in [0.25, 0.3) is 0 Å². The van der Waals surface area contributed by atoms with Crippen LogP contribution < -0.4 is 35.4 Å². The highest BCUT2D eigenvalue weighted by Crippen LogP contribution is 2.62. The van der Waals surface area contributed by atoms with Gasteiger partial charge in [0.1, 0.15) is 35.8 Å². The normalized spacial score (nSPS) is 30.6. The van der Waals surface area contributed by atoms with Crippen molar-refractivity contribution in [2.45, 2.75) is 182 Å². The molecule has 4 bridgehead atoms. The maximum absolute atomic E-state index is 14.1. The Hall–Kier alpha value is -5.73. The second-order valence-electron chi connectivity index (χ2n) is 32.4. The number of benzene rings is 4. The van der Waals surface area contributed by atoms with Gasteiger partial charge >= 0.3 is 19.1 Å². The summed E-state index contributed by atoms with van der Waals surface area (Å²) in [5, 5.41) is 70.8. The molecule has 26 heteroatoms. The summed E-state index contributed by atoms with van der Waals surface area (Å²) in [6, 6.07) is 20.6. The first kappa shape index (κ1) is 79.3. The van der Waals surface area contributed by atoms with E-state index in [2.05, 4.69) is 84.6 Å². The van der Waals surface area contributed by atoms with Gasteiger partial charge in [-0.2, -0.15) is 10.1 Å². The number of ether oxygens (including phenoxy) is 4. The first-order valence-corrected chi connectivity index (χ1v) is 38.1. The molecule has 15 rings (SSSR count). The van der Waals surface area contributed by atoms with Gasteiger partial charge in [0, 0.05) is 78.2 Å². The van der Waals surface area contributed by atoms with E-state index in [1.165, 1.54) is 12.8 Å². The fraction of sp³-hybridized carbons (Fsp3) is 0.641. The fourth-order valence-corrected chi connectivity index (χ4v) is 18.9. The van der Waals surface area contributed by atoms with E-state index in [0.717, 1.165) is 57.7 Å². The van der Waals surface area contributed by atoms with Crippen molar-refractivity contribution in [3.63, 3.8) is 0 Å². The van der Waals surface area contributed by atoms with Gasteiger partial charge in [-0.25, -0.2) is 9.59 Å². The van der Waals surface area contributed by atoms with Crippen LogP contribution in [0.3, 0.4) is 0 Å². The molecule has 4 aromatic carbocycles. The molecule has 0 aromatic heterocycles. The van der Waals surface area contributed by atoms with Gasteiger partial charge in [0.15, 0.2) is 0 Å². The van der Waals surface area contributed by atoms with Gasteiger partial charge in [0.05, 0.1) is 105 Å². The molecule has 5 heterocycles. The largest absolute Gasteiger partial charge is 0.496 e. The third kappa shape index (κ3) is 16.1. The Labute approximate surface area is 626 Å². The molecule has 16 atom stereocenters. The number of amides is 2. The lowest BCUT2D eigenvalue weighted by molar-refractivity contribution is -0.183. The van der Waals surface area contributed by atoms with Crippen LogP contribution in [0.25, 0.3) is 11.1 Å². The van der Waals surface area contributed by atoms with Gasteiger partial charge in [-0.05, 0) is 190 Å². The number of carboxylic acid groups (broad SMARTS) is 2. The molecule has 2 amide bonds. The number of hydrogen-bond acceptors (Lipinski definition) is 20. The molecule has 11 aliphatic rings. The number of rotatable bonds is 20. The molecule has 5 aliphatic heterocycles. The number of carbonyl (C=O) groups excluding carboxylic acids is 2. The van der Waals surface area contributed by atoms with Gasteiger partial charge in [-0.3, -0.25) is 19.3 Å². The standard InChI is InChI=1S/C36H49N3O8.C25H37IN2O5.C17H24BNO5/c1-20-28-16-25(36(28,3)4)17-29(20)37-34(42)32-31(21(2)41)30(19-40)47-39(32)18-22-7-6-8-27(33(22)45-5)23-13-24(35(43)44)15-26(14-23)38-9-11-46-12-10-38;1-13-17-9-16(25(17,3)4)10-19(13)27-24(31)22-21(14(2)30)20(12-29)33-28(22)11-15-7-6-8-18(26)23(15)32-5;1-16(2)17(3,4)24-18(23-16)13-9-12(15(20)21)10-14(11-13)19-5-7-22-8-6-19/h6-8,13-15,20-21,25,28-32,40-41H,9-12,16-19H2,1-5H3,(H,37,42)(H,43,44);6-8,13-14,16-17,19-22,29-30H,9-12H2,1-5H3,(H,27,31);9-11H,5-8H2,1-4H3,(H,20,21)/t20-,21-,25+,28-,29-,30-,31+,32-;13-,14-,16+,17-,19-,20-,21+,22-;/m00./s1. The second-order valence-corrected chi connectivity index (χ2v) is 33.5. The number of hydroxylamine groups is 4. The summed E-state index contributed by atoms with van der Waals surface area (Å²) in [5.41, 5.74) is 5.48. The lowest BCUT2D eigenvalue weighted by atomic mass is 9.45. The third-order valence-corrected chi connectivity index (χ3v) is 26.1. The van der Waals surface area contributed by atoms with Crippen molar-refractivity contribution < 1.29 is 87.7 Å². The van der Waals surface area contributed by atoms with E-state index < -0.39 is 78.6 Å². The third-order valence-electron chi connectivity index (χ3n) is 25.3. The highest BCUT2D eigenvalue weighted by Gasteiger charge is 2.60. The highest BCUT2D eigenvalue weighted by atomic mass is 127. The molecular weight excluding hydrogens is 1450 g/mol. The van der Waals surface area contributed by atoms with E-state index in [-0.39, 0.29) is 60.2 Å². The summed E-state index contributed by atoms with van der Waals surface area (Å²) in [6.45, 7) is 30.1. The Morgan fingerprint density at radius 2 is 1.02 bits per heavy atom. The lowest BCUT2D eigenvalue weighted by Crippen LogP contribution is -2.62. The summed E-state index contributed by atoms with van der Waals surface area (Å²) in [7, 11) is 2.62. The summed E-state index contributed by atoms with van der Waals surface area (Å²) in [4.78, 5) is 68.0. The van der Waals surface area contributed by atoms with Crippen LogP contribution in [0.2, 0.25) is 0 Å². The number of fused-ring (bicyclic) bond motifs is 4. The number of carboxylic acids is 2. The van der Waals surface area contributed by atoms with Gasteiger partial charge in [-0.1, -0.05) is 71.9 Å². The number of nitrogens with zero attached hydrogens (tertiary/aromatic N) is 4. The monoisotopic (exact) mass is 1560 g/mol. The number of methoxy groups -OCH3 is 2. The van der Waals surface area contributed by atoms with Crippen LogP contribution in [-0.2, 0) is 51.1 Å². The van der Waals surface area contributed by atoms with Crippen molar-refractivity contribution >= 4 is 70.3 Å². The maximum atomic E-state index is 14.1. The Morgan fingerprint density at radius 1 is 0.596 bits per heavy atom. The minimum Gasteiger partial charge on any atom is -0.496 e. The molecule has 11 fully saturated rings. The van der Waals surface area contributed by atoms with Crippen LogP contribution in [0.1, 0.15) is 141 Å². The van der Waals surface area contributed by atoms with Crippen LogP contribution in [0.4, 0.5) is 11.4 Å². The summed E-state index contributed by atoms with van der Waals surface area (Å²) >= 11 is 2.22. The molecule has 570 valence electrons. The Bertz CT molecular complexity index is 3700. The number of anilines is 2. The fourth-order valence-electron chi connectivity index (χ4n) is 18.2. The Balaban J connectivity index is 0.000000166. The quantitative estimate of drug-likeness (QED) is 0.0307. The number of morpholine rings is 2. The van der Waals surface area contributed by atoms with Crippen molar-refractivity contribution in [3.8, 4) is 22.6 Å². The van der Waals surface area contributed by atoms with Crippen LogP contribution in [0, 0.1) is 61.7 Å². The van der Waals surface area contributed by atoms with Gasteiger partial charge < -0.3 is 79.3 Å². The smallest absolute Gasteiger partial charge is 0.494 e. The molecule has 24 nitrogen and oxygen atoms in total. The Morgan fingerprint density at radius 3 is 1.42 bits per heavy atom. The van der Waals surface area contributed by atoms with E-state index in [4.69, 9.17) is 37.9 Å². The minimum absolute atomic E-state index is 0.0315. The Kier molecular flexibility index (Phi) is 24.6. The number of aromatic carboxylic acids is 2. The zero-order valence-electron chi connectivity index (χ0n) is 62.8. The first-order valence-electron chi connectivity index (χ1n) is 37.0. The zero-order valence-corrected chi connectivity index (χ0v) is 65.0. The van der Waals surface area contributed by atoms with Crippen LogP contribution in [0.5, 0.6) is 11.5 Å². The van der Waals surface area contributed by atoms with Crippen LogP contribution in [-0.4, -0.2) is 211 Å². The predicted molar refractivity (Wildman–Crippen MR) is 401 cm³/mol. The van der Waals surface area contributed by atoms with Crippen LogP contribution in [0.15, 0.2) is 72.8 Å². The molecule has 6 aliphatic carbocycles. The van der Waals surface area contributed by atoms with E-state index in [1.54, 1.807) is 62.5 Å². The van der Waals surface area contributed by atoms with Crippen LogP contribution >= 0.6 is 22.6 Å². The van der Waals surface area contributed by atoms with E-state index in [0.29, 0.717) is 109 Å². The van der Waals surface area contributed by atoms with Crippen molar-refractivity contribution in [2.24, 2.45) is 58.2 Å². The van der Waals surface area contributed by atoms with E-state index >= 15 is 0 Å². The van der Waals surface area contributed by atoms with Gasteiger partial charge in [-0.15, -0.1) is 0 Å². The molecule has 5 saturated heterocycles. The van der Waals surface area contributed by atoms with E-state index in [9.17, 15) is 49.8 Å². The maximum Gasteiger partial charge on any atom is 0.494 e. The number of para-hydroxylation sites is 2.